The van der Waals surface area contributed by atoms with E-state index in [0.29, 0.717) is 0 Å². The highest BCUT2D eigenvalue weighted by molar-refractivity contribution is 7.15. The summed E-state index contributed by atoms with van der Waals surface area (Å²) in [5, 5.41) is 4.43. The molecule has 1 N–H and O–H groups in total. The van der Waals surface area contributed by atoms with Gasteiger partial charge in [0.2, 0.25) is 0 Å². The van der Waals surface area contributed by atoms with Crippen molar-refractivity contribution >= 4 is 16.5 Å². The second-order valence-corrected chi connectivity index (χ2v) is 5.45. The van der Waals surface area contributed by atoms with Crippen LogP contribution < -0.4 is 5.32 Å². The van der Waals surface area contributed by atoms with Crippen LogP contribution in [0.1, 0.15) is 38.3 Å². The molecule has 1 rings (SSSR count). The first-order chi connectivity index (χ1) is 5.92. The summed E-state index contributed by atoms with van der Waals surface area (Å²) in [6.45, 7) is 10.7. The Kier molecular flexibility index (Phi) is 2.96. The number of aryl methyl sites for hydroxylation is 2. The van der Waals surface area contributed by atoms with Gasteiger partial charge in [-0.3, -0.25) is 0 Å². The van der Waals surface area contributed by atoms with Crippen molar-refractivity contribution in [1.82, 2.24) is 4.98 Å². The van der Waals surface area contributed by atoms with Crippen LogP contribution in [-0.2, 0) is 6.42 Å². The summed E-state index contributed by atoms with van der Waals surface area (Å²) >= 11 is 1.74. The van der Waals surface area contributed by atoms with Gasteiger partial charge in [0.15, 0.2) is 5.13 Å². The quantitative estimate of drug-likeness (QED) is 0.789. The molecule has 0 amide bonds. The van der Waals surface area contributed by atoms with Crippen molar-refractivity contribution in [1.29, 1.82) is 0 Å². The lowest BCUT2D eigenvalue weighted by Crippen LogP contribution is -2.25. The molecule has 0 bridgehead atoms. The van der Waals surface area contributed by atoms with Crippen LogP contribution in [0.25, 0.3) is 0 Å². The SMILES string of the molecule is CCc1nc(NC(C)(C)C)sc1C. The Bertz CT molecular complexity index is 284. The van der Waals surface area contributed by atoms with E-state index < -0.39 is 0 Å². The molecule has 0 spiro atoms. The minimum atomic E-state index is 0.106. The Morgan fingerprint density at radius 3 is 2.38 bits per heavy atom. The van der Waals surface area contributed by atoms with Crippen molar-refractivity contribution in [2.45, 2.75) is 46.6 Å². The van der Waals surface area contributed by atoms with Crippen molar-refractivity contribution in [2.24, 2.45) is 0 Å². The van der Waals surface area contributed by atoms with E-state index >= 15 is 0 Å². The van der Waals surface area contributed by atoms with E-state index in [2.05, 4.69) is 44.9 Å². The highest BCUT2D eigenvalue weighted by Gasteiger charge is 2.13. The molecule has 0 radical (unpaired) electrons. The fourth-order valence-electron chi connectivity index (χ4n) is 1.13. The van der Waals surface area contributed by atoms with Gasteiger partial charge in [-0.15, -0.1) is 11.3 Å². The summed E-state index contributed by atoms with van der Waals surface area (Å²) in [6.07, 6.45) is 1.02. The van der Waals surface area contributed by atoms with Crippen molar-refractivity contribution in [2.75, 3.05) is 5.32 Å². The van der Waals surface area contributed by atoms with Gasteiger partial charge in [-0.25, -0.2) is 4.98 Å². The van der Waals surface area contributed by atoms with Gasteiger partial charge in [0, 0.05) is 10.4 Å². The van der Waals surface area contributed by atoms with Crippen LogP contribution in [0.15, 0.2) is 0 Å². The predicted molar refractivity (Wildman–Crippen MR) is 59.6 cm³/mol. The van der Waals surface area contributed by atoms with Gasteiger partial charge in [-0.2, -0.15) is 0 Å². The highest BCUT2D eigenvalue weighted by atomic mass is 32.1. The Labute approximate surface area is 84.4 Å². The second kappa shape index (κ2) is 3.66. The number of thiazole rings is 1. The van der Waals surface area contributed by atoms with Crippen LogP contribution >= 0.6 is 11.3 Å². The third-order valence-electron chi connectivity index (χ3n) is 1.71. The number of rotatable bonds is 2. The molecule has 1 heterocycles. The molecule has 74 valence electrons. The summed E-state index contributed by atoms with van der Waals surface area (Å²) in [7, 11) is 0. The molecular weight excluding hydrogens is 180 g/mol. The van der Waals surface area contributed by atoms with E-state index in [1.807, 2.05) is 0 Å². The maximum absolute atomic E-state index is 4.52. The van der Waals surface area contributed by atoms with Crippen molar-refractivity contribution < 1.29 is 0 Å². The third kappa shape index (κ3) is 2.99. The Hall–Kier alpha value is -0.570. The number of nitrogens with one attached hydrogen (secondary N) is 1. The van der Waals surface area contributed by atoms with Gasteiger partial charge < -0.3 is 5.32 Å². The molecule has 0 aliphatic heterocycles. The molecule has 0 saturated carbocycles. The normalized spacial score (nSPS) is 11.8. The molecule has 0 aromatic carbocycles. The van der Waals surface area contributed by atoms with Crippen LogP contribution in [0.5, 0.6) is 0 Å². The first-order valence-electron chi connectivity index (χ1n) is 4.67. The van der Waals surface area contributed by atoms with Gasteiger partial charge in [-0.05, 0) is 34.1 Å². The van der Waals surface area contributed by atoms with Gasteiger partial charge in [-0.1, -0.05) is 6.92 Å². The lowest BCUT2D eigenvalue weighted by atomic mass is 10.1. The van der Waals surface area contributed by atoms with Crippen LogP contribution in [0.3, 0.4) is 0 Å². The first-order valence-corrected chi connectivity index (χ1v) is 5.48. The van der Waals surface area contributed by atoms with Crippen LogP contribution in [-0.4, -0.2) is 10.5 Å². The van der Waals surface area contributed by atoms with Crippen LogP contribution in [0.2, 0.25) is 0 Å². The lowest BCUT2D eigenvalue weighted by Gasteiger charge is -2.19. The summed E-state index contributed by atoms with van der Waals surface area (Å²) in [5.41, 5.74) is 1.33. The smallest absolute Gasteiger partial charge is 0.183 e. The zero-order valence-corrected chi connectivity index (χ0v) is 9.88. The molecule has 1 aromatic heterocycles. The van der Waals surface area contributed by atoms with Gasteiger partial charge >= 0.3 is 0 Å². The Morgan fingerprint density at radius 2 is 2.00 bits per heavy atom. The van der Waals surface area contributed by atoms with Gasteiger partial charge in [0.1, 0.15) is 0 Å². The largest absolute Gasteiger partial charge is 0.357 e. The van der Waals surface area contributed by atoms with E-state index in [1.54, 1.807) is 11.3 Å². The average Bonchev–Trinajstić information content (AvgIpc) is 2.26. The number of nitrogens with zero attached hydrogens (tertiary/aromatic N) is 1. The molecule has 0 unspecified atom stereocenters. The van der Waals surface area contributed by atoms with E-state index in [-0.39, 0.29) is 5.54 Å². The van der Waals surface area contributed by atoms with Crippen molar-refractivity contribution in [3.63, 3.8) is 0 Å². The molecule has 2 nitrogen and oxygen atoms in total. The number of hydrogen-bond donors (Lipinski definition) is 1. The van der Waals surface area contributed by atoms with Gasteiger partial charge in [0.05, 0.1) is 5.69 Å². The Morgan fingerprint density at radius 1 is 1.38 bits per heavy atom. The van der Waals surface area contributed by atoms with Crippen molar-refractivity contribution in [3.8, 4) is 0 Å². The summed E-state index contributed by atoms with van der Waals surface area (Å²) in [4.78, 5) is 5.85. The topological polar surface area (TPSA) is 24.9 Å². The minimum absolute atomic E-state index is 0.106. The number of hydrogen-bond acceptors (Lipinski definition) is 3. The molecule has 1 aromatic rings. The first kappa shape index (κ1) is 10.5. The maximum Gasteiger partial charge on any atom is 0.183 e. The molecule has 0 atom stereocenters. The predicted octanol–water partition coefficient (Wildman–Crippen LogP) is 3.22. The van der Waals surface area contributed by atoms with E-state index in [9.17, 15) is 0 Å². The molecule has 3 heteroatoms. The van der Waals surface area contributed by atoms with E-state index in [0.717, 1.165) is 11.6 Å². The van der Waals surface area contributed by atoms with E-state index in [1.165, 1.54) is 10.6 Å². The molecule has 13 heavy (non-hydrogen) atoms. The second-order valence-electron chi connectivity index (χ2n) is 4.25. The Balaban J connectivity index is 2.80. The molecule has 0 fully saturated rings. The van der Waals surface area contributed by atoms with Gasteiger partial charge in [0.25, 0.3) is 0 Å². The maximum atomic E-state index is 4.52. The van der Waals surface area contributed by atoms with Crippen LogP contribution in [0, 0.1) is 6.92 Å². The summed E-state index contributed by atoms with van der Waals surface area (Å²) < 4.78 is 0. The summed E-state index contributed by atoms with van der Waals surface area (Å²) in [6, 6.07) is 0. The third-order valence-corrected chi connectivity index (χ3v) is 2.64. The molecule has 0 saturated heterocycles. The molecule has 0 aliphatic rings. The number of aromatic nitrogens is 1. The fourth-order valence-corrected chi connectivity index (χ4v) is 2.24. The zero-order chi connectivity index (χ0) is 10.1. The molecule has 0 aliphatic carbocycles. The molecular formula is C10H18N2S. The average molecular weight is 198 g/mol. The highest BCUT2D eigenvalue weighted by Crippen LogP contribution is 2.24. The monoisotopic (exact) mass is 198 g/mol. The fraction of sp³-hybridized carbons (Fsp3) is 0.700. The van der Waals surface area contributed by atoms with E-state index in [4.69, 9.17) is 0 Å². The standard InChI is InChI=1S/C10H18N2S/c1-6-8-7(2)13-9(11-8)12-10(3,4)5/h6H2,1-5H3,(H,11,12). The lowest BCUT2D eigenvalue weighted by molar-refractivity contribution is 0.633. The van der Waals surface area contributed by atoms with Crippen LogP contribution in [0.4, 0.5) is 5.13 Å². The number of anilines is 1. The summed E-state index contributed by atoms with van der Waals surface area (Å²) in [5.74, 6) is 0. The minimum Gasteiger partial charge on any atom is -0.357 e. The zero-order valence-electron chi connectivity index (χ0n) is 9.06. The van der Waals surface area contributed by atoms with Crippen molar-refractivity contribution in [3.05, 3.63) is 10.6 Å².